The number of nitrogens with zero attached hydrogens (tertiary/aromatic N) is 4. The molecule has 2 heterocycles. The van der Waals surface area contributed by atoms with Gasteiger partial charge in [-0.3, -0.25) is 4.68 Å². The van der Waals surface area contributed by atoms with Crippen LogP contribution in [0.5, 0.6) is 0 Å². The van der Waals surface area contributed by atoms with Crippen LogP contribution >= 0.6 is 11.5 Å². The Morgan fingerprint density at radius 3 is 2.94 bits per heavy atom. The highest BCUT2D eigenvalue weighted by Gasteiger charge is 2.05. The van der Waals surface area contributed by atoms with Gasteiger partial charge in [-0.1, -0.05) is 6.92 Å². The number of hydrogen-bond donors (Lipinski definition) is 1. The van der Waals surface area contributed by atoms with Crippen molar-refractivity contribution >= 4 is 16.7 Å². The molecule has 0 aliphatic heterocycles. The average molecular weight is 251 g/mol. The molecule has 0 unspecified atom stereocenters. The van der Waals surface area contributed by atoms with Gasteiger partial charge in [-0.15, -0.1) is 0 Å². The van der Waals surface area contributed by atoms with Crippen LogP contribution in [0.2, 0.25) is 0 Å². The number of nitrogens with one attached hydrogen (secondary N) is 1. The van der Waals surface area contributed by atoms with Gasteiger partial charge in [0.05, 0.1) is 5.69 Å². The van der Waals surface area contributed by atoms with Crippen molar-refractivity contribution in [1.29, 1.82) is 0 Å². The third-order valence-electron chi connectivity index (χ3n) is 2.49. The Labute approximate surface area is 105 Å². The summed E-state index contributed by atoms with van der Waals surface area (Å²) in [6.45, 7) is 4.90. The van der Waals surface area contributed by atoms with Crippen LogP contribution in [0.4, 0.5) is 5.13 Å². The molecule has 0 saturated carbocycles. The molecule has 0 amide bonds. The molecule has 0 radical (unpaired) electrons. The number of anilines is 1. The molecule has 92 valence electrons. The highest BCUT2D eigenvalue weighted by atomic mass is 32.1. The average Bonchev–Trinajstić information content (AvgIpc) is 2.83. The zero-order chi connectivity index (χ0) is 12.3. The van der Waals surface area contributed by atoms with E-state index in [2.05, 4.69) is 26.7 Å². The predicted molar refractivity (Wildman–Crippen MR) is 69.2 cm³/mol. The first-order valence-electron chi connectivity index (χ1n) is 5.74. The summed E-state index contributed by atoms with van der Waals surface area (Å²) in [6.07, 6.45) is 4.05. The summed E-state index contributed by atoms with van der Waals surface area (Å²) in [4.78, 5) is 4.42. The molecular weight excluding hydrogens is 234 g/mol. The second kappa shape index (κ2) is 5.27. The second-order valence-electron chi connectivity index (χ2n) is 4.03. The van der Waals surface area contributed by atoms with Gasteiger partial charge < -0.3 is 5.32 Å². The summed E-state index contributed by atoms with van der Waals surface area (Å²) in [5, 5.41) is 8.47. The second-order valence-corrected chi connectivity index (χ2v) is 4.78. The van der Waals surface area contributed by atoms with E-state index < -0.39 is 0 Å². The topological polar surface area (TPSA) is 55.6 Å². The zero-order valence-corrected chi connectivity index (χ0v) is 11.2. The van der Waals surface area contributed by atoms with Gasteiger partial charge in [0.25, 0.3) is 0 Å². The Hall–Kier alpha value is -1.43. The lowest BCUT2D eigenvalue weighted by Gasteiger charge is -1.99. The highest BCUT2D eigenvalue weighted by molar-refractivity contribution is 7.09. The molecule has 1 N–H and O–H groups in total. The number of rotatable bonds is 5. The van der Waals surface area contributed by atoms with Crippen LogP contribution in [-0.2, 0) is 20.0 Å². The van der Waals surface area contributed by atoms with Gasteiger partial charge in [0.1, 0.15) is 5.82 Å². The van der Waals surface area contributed by atoms with Gasteiger partial charge in [-0.05, 0) is 13.3 Å². The van der Waals surface area contributed by atoms with Gasteiger partial charge in [0.15, 0.2) is 0 Å². The Kier molecular flexibility index (Phi) is 3.73. The van der Waals surface area contributed by atoms with Crippen LogP contribution in [0.1, 0.15) is 30.4 Å². The largest absolute Gasteiger partial charge is 0.356 e. The number of hydrogen-bond acceptors (Lipinski definition) is 5. The maximum atomic E-state index is 4.42. The lowest BCUT2D eigenvalue weighted by Crippen LogP contribution is -1.99. The normalized spacial score (nSPS) is 10.8. The van der Waals surface area contributed by atoms with Gasteiger partial charge in [-0.2, -0.15) is 9.47 Å². The van der Waals surface area contributed by atoms with E-state index in [0.717, 1.165) is 36.0 Å². The molecule has 2 aromatic rings. The van der Waals surface area contributed by atoms with Crippen molar-refractivity contribution in [2.75, 3.05) is 5.32 Å². The van der Waals surface area contributed by atoms with Crippen molar-refractivity contribution in [3.05, 3.63) is 23.3 Å². The van der Waals surface area contributed by atoms with E-state index in [9.17, 15) is 0 Å². The summed E-state index contributed by atoms with van der Waals surface area (Å²) < 4.78 is 6.12. The van der Waals surface area contributed by atoms with Crippen molar-refractivity contribution in [1.82, 2.24) is 19.1 Å². The van der Waals surface area contributed by atoms with Crippen LogP contribution in [0.25, 0.3) is 0 Å². The van der Waals surface area contributed by atoms with Crippen molar-refractivity contribution in [2.45, 2.75) is 33.2 Å². The SMILES string of the molecule is CCCc1nsc(NCc2cn(C)nc2C)n1. The Morgan fingerprint density at radius 2 is 2.29 bits per heavy atom. The molecule has 0 aliphatic rings. The lowest BCUT2D eigenvalue weighted by molar-refractivity contribution is 0.756. The molecule has 0 spiro atoms. The van der Waals surface area contributed by atoms with E-state index in [1.54, 1.807) is 0 Å². The molecule has 0 bridgehead atoms. The van der Waals surface area contributed by atoms with Crippen molar-refractivity contribution in [3.8, 4) is 0 Å². The highest BCUT2D eigenvalue weighted by Crippen LogP contribution is 2.14. The first kappa shape index (κ1) is 12.0. The van der Waals surface area contributed by atoms with Gasteiger partial charge in [0.2, 0.25) is 5.13 Å². The fourth-order valence-electron chi connectivity index (χ4n) is 1.64. The maximum absolute atomic E-state index is 4.42. The summed E-state index contributed by atoms with van der Waals surface area (Å²) in [5.74, 6) is 0.933. The van der Waals surface area contributed by atoms with Crippen molar-refractivity contribution < 1.29 is 0 Å². The molecule has 0 saturated heterocycles. The summed E-state index contributed by atoms with van der Waals surface area (Å²) in [5.41, 5.74) is 2.25. The van der Waals surface area contributed by atoms with E-state index in [1.165, 1.54) is 17.1 Å². The van der Waals surface area contributed by atoms with E-state index in [-0.39, 0.29) is 0 Å². The van der Waals surface area contributed by atoms with E-state index in [4.69, 9.17) is 0 Å². The quantitative estimate of drug-likeness (QED) is 0.884. The molecule has 0 atom stereocenters. The predicted octanol–water partition coefficient (Wildman–Crippen LogP) is 2.14. The van der Waals surface area contributed by atoms with E-state index in [1.807, 2.05) is 24.9 Å². The molecule has 17 heavy (non-hydrogen) atoms. The molecule has 2 rings (SSSR count). The fraction of sp³-hybridized carbons (Fsp3) is 0.545. The Balaban J connectivity index is 1.95. The first-order valence-corrected chi connectivity index (χ1v) is 6.52. The monoisotopic (exact) mass is 251 g/mol. The molecule has 5 nitrogen and oxygen atoms in total. The third kappa shape index (κ3) is 3.03. The minimum atomic E-state index is 0.750. The Morgan fingerprint density at radius 1 is 1.47 bits per heavy atom. The third-order valence-corrected chi connectivity index (χ3v) is 3.20. The molecule has 2 aromatic heterocycles. The summed E-state index contributed by atoms with van der Waals surface area (Å²) in [6, 6.07) is 0. The fourth-order valence-corrected chi connectivity index (χ4v) is 2.25. The van der Waals surface area contributed by atoms with Crippen LogP contribution in [0.15, 0.2) is 6.20 Å². The number of aromatic nitrogens is 4. The number of aryl methyl sites for hydroxylation is 3. The van der Waals surface area contributed by atoms with Crippen LogP contribution in [-0.4, -0.2) is 19.1 Å². The molecule has 6 heteroatoms. The Bertz CT molecular complexity index is 488. The van der Waals surface area contributed by atoms with Crippen LogP contribution in [0.3, 0.4) is 0 Å². The van der Waals surface area contributed by atoms with Crippen molar-refractivity contribution in [3.63, 3.8) is 0 Å². The standard InChI is InChI=1S/C11H17N5S/c1-4-5-10-13-11(17-15-10)12-6-9-7-16(3)14-8(9)2/h7H,4-6H2,1-3H3,(H,12,13,15). The van der Waals surface area contributed by atoms with Gasteiger partial charge >= 0.3 is 0 Å². The van der Waals surface area contributed by atoms with Gasteiger partial charge in [0, 0.05) is 43.3 Å². The van der Waals surface area contributed by atoms with Crippen molar-refractivity contribution in [2.24, 2.45) is 7.05 Å². The van der Waals surface area contributed by atoms with Crippen LogP contribution in [0, 0.1) is 6.92 Å². The first-order chi connectivity index (χ1) is 8.19. The van der Waals surface area contributed by atoms with Gasteiger partial charge in [-0.25, -0.2) is 4.98 Å². The molecule has 0 fully saturated rings. The van der Waals surface area contributed by atoms with E-state index in [0.29, 0.717) is 0 Å². The minimum absolute atomic E-state index is 0.750. The summed E-state index contributed by atoms with van der Waals surface area (Å²) >= 11 is 1.42. The molecule has 0 aliphatic carbocycles. The summed E-state index contributed by atoms with van der Waals surface area (Å²) in [7, 11) is 1.93. The minimum Gasteiger partial charge on any atom is -0.356 e. The lowest BCUT2D eigenvalue weighted by atomic mass is 10.3. The van der Waals surface area contributed by atoms with Crippen LogP contribution < -0.4 is 5.32 Å². The van der Waals surface area contributed by atoms with E-state index >= 15 is 0 Å². The molecule has 0 aromatic carbocycles. The smallest absolute Gasteiger partial charge is 0.202 e. The maximum Gasteiger partial charge on any atom is 0.202 e. The molecular formula is C11H17N5S. The zero-order valence-electron chi connectivity index (χ0n) is 10.4.